The van der Waals surface area contributed by atoms with Crippen LogP contribution in [0.15, 0.2) is 59.5 Å². The van der Waals surface area contributed by atoms with E-state index in [-0.39, 0.29) is 11.9 Å². The van der Waals surface area contributed by atoms with Gasteiger partial charge in [0.05, 0.1) is 29.8 Å². The summed E-state index contributed by atoms with van der Waals surface area (Å²) >= 11 is 5.93. The smallest absolute Gasteiger partial charge is 0.254 e. The maximum atomic E-state index is 12.7. The molecule has 1 aliphatic heterocycles. The molecule has 1 saturated heterocycles. The van der Waals surface area contributed by atoms with E-state index in [2.05, 4.69) is 15.3 Å². The van der Waals surface area contributed by atoms with Gasteiger partial charge in [-0.05, 0) is 62.3 Å². The van der Waals surface area contributed by atoms with Crippen molar-refractivity contribution in [2.24, 2.45) is 0 Å². The van der Waals surface area contributed by atoms with E-state index < -0.39 is 0 Å². The molecule has 1 fully saturated rings. The summed E-state index contributed by atoms with van der Waals surface area (Å²) in [4.78, 5) is 15.1. The molecule has 7 heteroatoms. The molecule has 1 amide bonds. The number of halogens is 1. The summed E-state index contributed by atoms with van der Waals surface area (Å²) in [7, 11) is 0. The molecule has 1 atom stereocenters. The van der Waals surface area contributed by atoms with Crippen LogP contribution in [0.25, 0.3) is 5.69 Å². The molecule has 6 nitrogen and oxygen atoms in total. The van der Waals surface area contributed by atoms with Crippen LogP contribution < -0.4 is 5.32 Å². The highest BCUT2D eigenvalue weighted by molar-refractivity contribution is 6.30. The van der Waals surface area contributed by atoms with E-state index in [0.29, 0.717) is 17.1 Å². The van der Waals surface area contributed by atoms with Gasteiger partial charge in [-0.3, -0.25) is 9.69 Å². The zero-order valence-electron chi connectivity index (χ0n) is 15.6. The monoisotopic (exact) mass is 398 g/mol. The third kappa shape index (κ3) is 4.29. The first-order valence-electron chi connectivity index (χ1n) is 9.57. The third-order valence-corrected chi connectivity index (χ3v) is 5.35. The van der Waals surface area contributed by atoms with Crippen molar-refractivity contribution < 1.29 is 9.21 Å². The molecule has 0 bridgehead atoms. The number of piperidine rings is 1. The maximum Gasteiger partial charge on any atom is 0.254 e. The van der Waals surface area contributed by atoms with Crippen LogP contribution >= 0.6 is 11.6 Å². The quantitative estimate of drug-likeness (QED) is 0.679. The van der Waals surface area contributed by atoms with E-state index in [9.17, 15) is 4.79 Å². The number of nitrogens with one attached hydrogen (secondary N) is 1. The summed E-state index contributed by atoms with van der Waals surface area (Å²) in [5.74, 6) is 0.743. The molecule has 1 N–H and O–H groups in total. The van der Waals surface area contributed by atoms with Crippen LogP contribution in [0.5, 0.6) is 0 Å². The van der Waals surface area contributed by atoms with Crippen molar-refractivity contribution in [3.8, 4) is 5.69 Å². The minimum absolute atomic E-state index is 0.0468. The topological polar surface area (TPSA) is 63.3 Å². The average Bonchev–Trinajstić information content (AvgIpc) is 3.42. The Labute approximate surface area is 169 Å². The van der Waals surface area contributed by atoms with Crippen molar-refractivity contribution in [2.75, 3.05) is 19.6 Å². The molecular formula is C21H23ClN4O2. The lowest BCUT2D eigenvalue weighted by Crippen LogP contribution is -2.40. The van der Waals surface area contributed by atoms with Gasteiger partial charge in [-0.2, -0.15) is 5.10 Å². The summed E-state index contributed by atoms with van der Waals surface area (Å²) in [5, 5.41) is 7.99. The molecule has 2 aromatic heterocycles. The second-order valence-corrected chi connectivity index (χ2v) is 7.42. The molecule has 0 spiro atoms. The van der Waals surface area contributed by atoms with Gasteiger partial charge in [-0.15, -0.1) is 0 Å². The predicted molar refractivity (Wildman–Crippen MR) is 108 cm³/mol. The Hall–Kier alpha value is -2.57. The van der Waals surface area contributed by atoms with Crippen molar-refractivity contribution in [3.05, 3.63) is 71.4 Å². The Morgan fingerprint density at radius 3 is 2.68 bits per heavy atom. The second kappa shape index (κ2) is 8.63. The SMILES string of the molecule is O=C(NCC(c1ccco1)N1CCCCC1)c1cnn(-c2ccc(Cl)cc2)c1. The Bertz CT molecular complexity index is 899. The zero-order chi connectivity index (χ0) is 19.3. The van der Waals surface area contributed by atoms with Crippen LogP contribution in [0.1, 0.15) is 41.4 Å². The van der Waals surface area contributed by atoms with Crippen LogP contribution in [-0.4, -0.2) is 40.2 Å². The summed E-state index contributed by atoms with van der Waals surface area (Å²) in [6, 6.07) is 11.2. The van der Waals surface area contributed by atoms with Gasteiger partial charge < -0.3 is 9.73 Å². The minimum atomic E-state index is -0.145. The highest BCUT2D eigenvalue weighted by Gasteiger charge is 2.25. The number of aromatic nitrogens is 2. The number of carbonyl (C=O) groups excluding carboxylic acids is 1. The van der Waals surface area contributed by atoms with Crippen molar-refractivity contribution in [2.45, 2.75) is 25.3 Å². The van der Waals surface area contributed by atoms with Gasteiger partial charge >= 0.3 is 0 Å². The molecule has 28 heavy (non-hydrogen) atoms. The van der Waals surface area contributed by atoms with E-state index in [1.165, 1.54) is 19.3 Å². The average molecular weight is 399 g/mol. The van der Waals surface area contributed by atoms with Crippen LogP contribution in [0.2, 0.25) is 5.02 Å². The van der Waals surface area contributed by atoms with Gasteiger partial charge in [0.25, 0.3) is 5.91 Å². The number of nitrogens with zero attached hydrogens (tertiary/aromatic N) is 3. The molecule has 0 radical (unpaired) electrons. The summed E-state index contributed by atoms with van der Waals surface area (Å²) in [6.07, 6.45) is 8.61. The molecule has 0 saturated carbocycles. The Kier molecular flexibility index (Phi) is 5.78. The van der Waals surface area contributed by atoms with Crippen LogP contribution in [0.4, 0.5) is 0 Å². The van der Waals surface area contributed by atoms with Crippen LogP contribution in [0.3, 0.4) is 0 Å². The zero-order valence-corrected chi connectivity index (χ0v) is 16.3. The largest absolute Gasteiger partial charge is 0.468 e. The van der Waals surface area contributed by atoms with E-state index in [0.717, 1.165) is 24.5 Å². The number of benzene rings is 1. The normalized spacial score (nSPS) is 16.0. The fourth-order valence-electron chi connectivity index (χ4n) is 3.59. The molecule has 3 aromatic rings. The minimum Gasteiger partial charge on any atom is -0.468 e. The Morgan fingerprint density at radius 1 is 1.18 bits per heavy atom. The summed E-state index contributed by atoms with van der Waals surface area (Å²) < 4.78 is 7.30. The molecule has 0 aliphatic carbocycles. The number of furan rings is 1. The van der Waals surface area contributed by atoms with E-state index in [1.54, 1.807) is 35.5 Å². The first kappa shape index (κ1) is 18.8. The first-order chi connectivity index (χ1) is 13.7. The summed E-state index contributed by atoms with van der Waals surface area (Å²) in [6.45, 7) is 2.55. The number of hydrogen-bond donors (Lipinski definition) is 1. The lowest BCUT2D eigenvalue weighted by molar-refractivity contribution is 0.0914. The molecular weight excluding hydrogens is 376 g/mol. The molecule has 3 heterocycles. The van der Waals surface area contributed by atoms with Crippen molar-refractivity contribution >= 4 is 17.5 Å². The second-order valence-electron chi connectivity index (χ2n) is 6.99. The fraction of sp³-hybridized carbons (Fsp3) is 0.333. The first-order valence-corrected chi connectivity index (χ1v) is 9.95. The van der Waals surface area contributed by atoms with Gasteiger partial charge in [0, 0.05) is 17.8 Å². The number of rotatable bonds is 6. The van der Waals surface area contributed by atoms with Gasteiger partial charge in [0.15, 0.2) is 0 Å². The standard InChI is InChI=1S/C21H23ClN4O2/c22-17-6-8-18(9-7-17)26-15-16(13-24-26)21(27)23-14-19(20-5-4-12-28-20)25-10-2-1-3-11-25/h4-9,12-13,15,19H,1-3,10-11,14H2,(H,23,27). The lowest BCUT2D eigenvalue weighted by Gasteiger charge is -2.33. The Balaban J connectivity index is 1.43. The molecule has 4 rings (SSSR count). The van der Waals surface area contributed by atoms with Crippen LogP contribution in [0, 0.1) is 0 Å². The maximum absolute atomic E-state index is 12.7. The fourth-order valence-corrected chi connectivity index (χ4v) is 3.71. The van der Waals surface area contributed by atoms with Crippen molar-refractivity contribution in [1.82, 2.24) is 20.0 Å². The molecule has 1 aliphatic rings. The van der Waals surface area contributed by atoms with E-state index in [4.69, 9.17) is 16.0 Å². The number of amides is 1. The van der Waals surface area contributed by atoms with E-state index in [1.807, 2.05) is 24.3 Å². The highest BCUT2D eigenvalue weighted by atomic mass is 35.5. The van der Waals surface area contributed by atoms with Crippen LogP contribution in [-0.2, 0) is 0 Å². The number of carbonyl (C=O) groups is 1. The third-order valence-electron chi connectivity index (χ3n) is 5.09. The summed E-state index contributed by atoms with van der Waals surface area (Å²) in [5.41, 5.74) is 1.37. The van der Waals surface area contributed by atoms with Crippen molar-refractivity contribution in [1.29, 1.82) is 0 Å². The van der Waals surface area contributed by atoms with Gasteiger partial charge in [-0.1, -0.05) is 18.0 Å². The van der Waals surface area contributed by atoms with Crippen molar-refractivity contribution in [3.63, 3.8) is 0 Å². The lowest BCUT2D eigenvalue weighted by atomic mass is 10.1. The van der Waals surface area contributed by atoms with E-state index >= 15 is 0 Å². The number of likely N-dealkylation sites (tertiary alicyclic amines) is 1. The molecule has 146 valence electrons. The molecule has 1 aromatic carbocycles. The van der Waals surface area contributed by atoms with Gasteiger partial charge in [-0.25, -0.2) is 4.68 Å². The van der Waals surface area contributed by atoms with Gasteiger partial charge in [0.1, 0.15) is 5.76 Å². The number of hydrogen-bond acceptors (Lipinski definition) is 4. The molecule has 1 unspecified atom stereocenters. The predicted octanol–water partition coefficient (Wildman–Crippen LogP) is 4.08. The highest BCUT2D eigenvalue weighted by Crippen LogP contribution is 2.24. The van der Waals surface area contributed by atoms with Gasteiger partial charge in [0.2, 0.25) is 0 Å². The Morgan fingerprint density at radius 2 is 1.96 bits per heavy atom.